The third kappa shape index (κ3) is 2.42. The van der Waals surface area contributed by atoms with Gasteiger partial charge in [0.2, 0.25) is 0 Å². The number of fused-ring (bicyclic) bond motifs is 5. The number of aromatic nitrogens is 2. The van der Waals surface area contributed by atoms with Crippen molar-refractivity contribution in [3.8, 4) is 0 Å². The van der Waals surface area contributed by atoms with Gasteiger partial charge in [-0.2, -0.15) is 0 Å². The maximum Gasteiger partial charge on any atom is 0.272 e. The monoisotopic (exact) mass is 284 g/mol. The summed E-state index contributed by atoms with van der Waals surface area (Å²) < 4.78 is 0. The molecule has 110 valence electrons. The molecule has 2 aromatic rings. The van der Waals surface area contributed by atoms with Crippen LogP contribution in [0.5, 0.6) is 0 Å². The van der Waals surface area contributed by atoms with Crippen molar-refractivity contribution < 1.29 is 4.79 Å². The molecule has 5 nitrogen and oxygen atoms in total. The Morgan fingerprint density at radius 3 is 3.05 bits per heavy atom. The maximum absolute atomic E-state index is 12.6. The molecule has 5 rings (SSSR count). The van der Waals surface area contributed by atoms with Crippen LogP contribution in [-0.2, 0) is 0 Å². The summed E-state index contributed by atoms with van der Waals surface area (Å²) >= 11 is 0. The Morgan fingerprint density at radius 2 is 2.19 bits per heavy atom. The van der Waals surface area contributed by atoms with Gasteiger partial charge in [-0.1, -0.05) is 0 Å². The number of hydrogen-bond acceptors (Lipinski definition) is 3. The lowest BCUT2D eigenvalue weighted by Gasteiger charge is -2.26. The molecule has 0 spiro atoms. The lowest BCUT2D eigenvalue weighted by atomic mass is 9.94. The molecule has 0 aliphatic carbocycles. The molecule has 5 heteroatoms. The van der Waals surface area contributed by atoms with Crippen LogP contribution < -0.4 is 5.32 Å². The SMILES string of the molecule is O=C(NC1CC2CCN(CC2)C1)c1nccc2cc[nH]c12. The number of rotatable bonds is 2. The minimum Gasteiger partial charge on any atom is -0.359 e. The van der Waals surface area contributed by atoms with Gasteiger partial charge in [0.25, 0.3) is 5.91 Å². The Morgan fingerprint density at radius 1 is 1.33 bits per heavy atom. The minimum absolute atomic E-state index is 0.0597. The van der Waals surface area contributed by atoms with Crippen LogP contribution >= 0.6 is 0 Å². The van der Waals surface area contributed by atoms with E-state index in [1.54, 1.807) is 6.20 Å². The van der Waals surface area contributed by atoms with Gasteiger partial charge in [0, 0.05) is 30.4 Å². The van der Waals surface area contributed by atoms with Crippen LogP contribution in [0.25, 0.3) is 10.9 Å². The first-order chi connectivity index (χ1) is 10.3. The highest BCUT2D eigenvalue weighted by Crippen LogP contribution is 2.27. The Hall–Kier alpha value is -1.88. The second-order valence-corrected chi connectivity index (χ2v) is 6.25. The number of H-pyrrole nitrogens is 1. The number of aromatic amines is 1. The summed E-state index contributed by atoms with van der Waals surface area (Å²) in [7, 11) is 0. The summed E-state index contributed by atoms with van der Waals surface area (Å²) in [6.07, 6.45) is 7.20. The van der Waals surface area contributed by atoms with Crippen LogP contribution in [0.2, 0.25) is 0 Å². The summed E-state index contributed by atoms with van der Waals surface area (Å²) in [4.78, 5) is 22.4. The van der Waals surface area contributed by atoms with Crippen LogP contribution in [0.1, 0.15) is 29.8 Å². The molecule has 3 fully saturated rings. The summed E-state index contributed by atoms with van der Waals surface area (Å²) in [5.74, 6) is 0.707. The topological polar surface area (TPSA) is 61.0 Å². The Kier molecular flexibility index (Phi) is 3.15. The van der Waals surface area contributed by atoms with Crippen molar-refractivity contribution in [3.63, 3.8) is 0 Å². The zero-order valence-corrected chi connectivity index (χ0v) is 12.0. The Labute approximate surface area is 123 Å². The fraction of sp³-hybridized carbons (Fsp3) is 0.500. The van der Waals surface area contributed by atoms with Crippen LogP contribution in [-0.4, -0.2) is 46.5 Å². The van der Waals surface area contributed by atoms with Crippen molar-refractivity contribution in [1.82, 2.24) is 20.2 Å². The molecule has 1 unspecified atom stereocenters. The van der Waals surface area contributed by atoms with Gasteiger partial charge in [-0.3, -0.25) is 4.79 Å². The fourth-order valence-electron chi connectivity index (χ4n) is 3.71. The van der Waals surface area contributed by atoms with E-state index in [9.17, 15) is 4.79 Å². The molecule has 0 aromatic carbocycles. The van der Waals surface area contributed by atoms with Gasteiger partial charge >= 0.3 is 0 Å². The molecular weight excluding hydrogens is 264 g/mol. The van der Waals surface area contributed by atoms with E-state index >= 15 is 0 Å². The number of pyridine rings is 1. The van der Waals surface area contributed by atoms with Crippen molar-refractivity contribution in [2.45, 2.75) is 25.3 Å². The highest BCUT2D eigenvalue weighted by molar-refractivity contribution is 6.03. The first-order valence-electron chi connectivity index (χ1n) is 7.75. The van der Waals surface area contributed by atoms with Gasteiger partial charge in [-0.15, -0.1) is 0 Å². The molecule has 5 heterocycles. The van der Waals surface area contributed by atoms with E-state index in [0.29, 0.717) is 5.69 Å². The molecule has 3 saturated heterocycles. The quantitative estimate of drug-likeness (QED) is 0.883. The standard InChI is InChI=1S/C16H20N4O/c21-16(15-14-12(1-5-17-14)2-6-18-15)19-13-9-11-3-7-20(10-13)8-4-11/h1-2,5-6,11,13,17H,3-4,7-10H2,(H,19,21). The molecule has 1 amide bonds. The van der Waals surface area contributed by atoms with Gasteiger partial charge in [0.05, 0.1) is 5.52 Å². The van der Waals surface area contributed by atoms with E-state index < -0.39 is 0 Å². The van der Waals surface area contributed by atoms with Crippen LogP contribution in [0.4, 0.5) is 0 Å². The van der Waals surface area contributed by atoms with E-state index in [-0.39, 0.29) is 11.9 Å². The average molecular weight is 284 g/mol. The lowest BCUT2D eigenvalue weighted by Crippen LogP contribution is -2.42. The Bertz CT molecular complexity index is 643. The van der Waals surface area contributed by atoms with E-state index in [2.05, 4.69) is 20.2 Å². The number of hydrogen-bond donors (Lipinski definition) is 2. The first kappa shape index (κ1) is 12.8. The second-order valence-electron chi connectivity index (χ2n) is 6.25. The van der Waals surface area contributed by atoms with Crippen molar-refractivity contribution in [2.75, 3.05) is 19.6 Å². The van der Waals surface area contributed by atoms with Crippen molar-refractivity contribution in [1.29, 1.82) is 0 Å². The molecule has 1 atom stereocenters. The van der Waals surface area contributed by atoms with Gasteiger partial charge in [0.15, 0.2) is 5.69 Å². The van der Waals surface area contributed by atoms with E-state index in [1.807, 2.05) is 18.3 Å². The molecule has 0 radical (unpaired) electrons. The van der Waals surface area contributed by atoms with Gasteiger partial charge < -0.3 is 15.2 Å². The first-order valence-corrected chi connectivity index (χ1v) is 7.75. The second kappa shape index (κ2) is 5.15. The summed E-state index contributed by atoms with van der Waals surface area (Å²) in [5, 5.41) is 4.22. The third-order valence-corrected chi connectivity index (χ3v) is 4.83. The number of amides is 1. The molecule has 0 saturated carbocycles. The Balaban J connectivity index is 1.54. The summed E-state index contributed by atoms with van der Waals surface area (Å²) in [6, 6.07) is 4.13. The predicted molar refractivity (Wildman–Crippen MR) is 81.1 cm³/mol. The van der Waals surface area contributed by atoms with E-state index in [4.69, 9.17) is 0 Å². The highest BCUT2D eigenvalue weighted by atomic mass is 16.2. The fourth-order valence-corrected chi connectivity index (χ4v) is 3.71. The third-order valence-electron chi connectivity index (χ3n) is 4.83. The molecule has 2 N–H and O–H groups in total. The molecule has 21 heavy (non-hydrogen) atoms. The zero-order chi connectivity index (χ0) is 14.2. The average Bonchev–Trinajstić information content (AvgIpc) is 2.80. The van der Waals surface area contributed by atoms with Crippen LogP contribution in [0, 0.1) is 5.92 Å². The molecular formula is C16H20N4O. The van der Waals surface area contributed by atoms with E-state index in [1.165, 1.54) is 25.9 Å². The number of carbonyl (C=O) groups is 1. The number of piperidine rings is 1. The van der Waals surface area contributed by atoms with Gasteiger partial charge in [-0.25, -0.2) is 4.98 Å². The van der Waals surface area contributed by atoms with Crippen LogP contribution in [0.3, 0.4) is 0 Å². The normalized spacial score (nSPS) is 28.5. The largest absolute Gasteiger partial charge is 0.359 e. The minimum atomic E-state index is -0.0597. The maximum atomic E-state index is 12.6. The predicted octanol–water partition coefficient (Wildman–Crippen LogP) is 1.78. The smallest absolute Gasteiger partial charge is 0.272 e. The number of carbonyl (C=O) groups excluding carboxylic acids is 1. The molecule has 3 aliphatic heterocycles. The van der Waals surface area contributed by atoms with Crippen molar-refractivity contribution >= 4 is 16.8 Å². The summed E-state index contributed by atoms with van der Waals surface area (Å²) in [6.45, 7) is 3.34. The zero-order valence-electron chi connectivity index (χ0n) is 12.0. The summed E-state index contributed by atoms with van der Waals surface area (Å²) in [5.41, 5.74) is 1.33. The van der Waals surface area contributed by atoms with Gasteiger partial charge in [-0.05, 0) is 50.4 Å². The van der Waals surface area contributed by atoms with Gasteiger partial charge in [0.1, 0.15) is 0 Å². The van der Waals surface area contributed by atoms with Crippen molar-refractivity contribution in [2.24, 2.45) is 5.92 Å². The van der Waals surface area contributed by atoms with Crippen LogP contribution in [0.15, 0.2) is 24.5 Å². The van der Waals surface area contributed by atoms with E-state index in [0.717, 1.165) is 29.8 Å². The highest BCUT2D eigenvalue weighted by Gasteiger charge is 2.30. The number of nitrogens with zero attached hydrogens (tertiary/aromatic N) is 2. The molecule has 3 aliphatic rings. The van der Waals surface area contributed by atoms with Crippen molar-refractivity contribution in [3.05, 3.63) is 30.2 Å². The number of nitrogens with one attached hydrogen (secondary N) is 2. The molecule has 2 aromatic heterocycles. The molecule has 2 bridgehead atoms. The lowest BCUT2D eigenvalue weighted by molar-refractivity contribution is 0.0925.